The van der Waals surface area contributed by atoms with E-state index in [1.54, 1.807) is 38.9 Å². The minimum atomic E-state index is -1.30. The number of carbonyl (C=O) groups excluding carboxylic acids is 2. The molecule has 0 saturated carbocycles. The Morgan fingerprint density at radius 1 is 0.524 bits per heavy atom. The van der Waals surface area contributed by atoms with Crippen LogP contribution in [0.25, 0.3) is 0 Å². The predicted molar refractivity (Wildman–Crippen MR) is 366 cm³/mol. The Morgan fingerprint density at radius 3 is 1.27 bits per heavy atom. The topological polar surface area (TPSA) is 616 Å². The summed E-state index contributed by atoms with van der Waals surface area (Å²) in [7, 11) is 14.1. The number of rotatable bonds is 19. The number of aromatic carboxylic acids is 1. The van der Waals surface area contributed by atoms with Crippen molar-refractivity contribution in [1.29, 1.82) is 0 Å². The zero-order valence-electron chi connectivity index (χ0n) is 57.4. The summed E-state index contributed by atoms with van der Waals surface area (Å²) in [6.07, 6.45) is 3.81. The molecule has 9 aromatic heterocycles. The molecule has 51 heteroatoms. The second-order valence-corrected chi connectivity index (χ2v) is 22.9. The monoisotopic (exact) mass is 1560 g/mol. The Labute approximate surface area is 603 Å². The van der Waals surface area contributed by atoms with Gasteiger partial charge in [0, 0.05) is 64.3 Å². The van der Waals surface area contributed by atoms with Gasteiger partial charge in [0.05, 0.1) is 134 Å². The Balaban J connectivity index is 0.000000218. The predicted octanol–water partition coefficient (Wildman–Crippen LogP) is 3.14. The first-order valence-corrected chi connectivity index (χ1v) is 31.7. The second-order valence-electron chi connectivity index (χ2n) is 21.9. The molecule has 7 N–H and O–H groups in total. The molecule has 0 unspecified atom stereocenters. The Morgan fingerprint density at radius 2 is 0.914 bits per heavy atom. The number of nitro groups is 6. The van der Waals surface area contributed by atoms with E-state index in [2.05, 4.69) is 96.4 Å². The summed E-state index contributed by atoms with van der Waals surface area (Å²) in [5.41, 5.74) is 9.69. The third-order valence-electron chi connectivity index (χ3n) is 14.6. The van der Waals surface area contributed by atoms with Gasteiger partial charge in [-0.15, -0.1) is 10.2 Å². The van der Waals surface area contributed by atoms with Crippen molar-refractivity contribution in [2.45, 2.75) is 50.8 Å². The lowest BCUT2D eigenvalue weighted by atomic mass is 10.2. The molecule has 3 saturated heterocycles. The first-order chi connectivity index (χ1) is 49.6. The van der Waals surface area contributed by atoms with Crippen LogP contribution in [-0.4, -0.2) is 215 Å². The van der Waals surface area contributed by atoms with Crippen LogP contribution < -0.4 is 16.6 Å². The van der Waals surface area contributed by atoms with Crippen LogP contribution in [0.4, 0.5) is 52.2 Å². The van der Waals surface area contributed by atoms with Crippen LogP contribution in [0, 0.1) is 60.7 Å². The van der Waals surface area contributed by atoms with Crippen LogP contribution in [0.5, 0.6) is 0 Å². The number of nitrogen functional groups attached to an aromatic ring is 1. The number of nitrogens with two attached hydrogens (primary N) is 1. The zero-order valence-corrected chi connectivity index (χ0v) is 59.7. The van der Waals surface area contributed by atoms with Crippen molar-refractivity contribution in [3.8, 4) is 0 Å². The zero-order chi connectivity index (χ0) is 78.1. The van der Waals surface area contributed by atoms with Crippen LogP contribution in [0.1, 0.15) is 79.2 Å². The fourth-order valence-corrected chi connectivity index (χ4v) is 9.37. The van der Waals surface area contributed by atoms with Crippen molar-refractivity contribution in [3.05, 3.63) is 176 Å². The summed E-state index contributed by atoms with van der Waals surface area (Å²) in [6, 6.07) is 12.5. The van der Waals surface area contributed by atoms with Gasteiger partial charge in [-0.25, -0.2) is 19.1 Å². The molecule has 9 aromatic rings. The minimum absolute atomic E-state index is 0.0502. The molecule has 105 heavy (non-hydrogen) atoms. The van der Waals surface area contributed by atoms with Crippen LogP contribution in [0.2, 0.25) is 5.15 Å². The van der Waals surface area contributed by atoms with E-state index >= 15 is 0 Å². The second kappa shape index (κ2) is 39.1. The third-order valence-corrected chi connectivity index (χ3v) is 15.4. The summed E-state index contributed by atoms with van der Waals surface area (Å²) in [5, 5.41) is 119. The van der Waals surface area contributed by atoms with E-state index in [-0.39, 0.29) is 63.5 Å². The highest BCUT2D eigenvalue weighted by atomic mass is 79.9. The highest BCUT2D eigenvalue weighted by Gasteiger charge is 2.25. The van der Waals surface area contributed by atoms with Gasteiger partial charge in [0.2, 0.25) is 0 Å². The molecule has 3 aliphatic rings. The highest BCUT2D eigenvalue weighted by molar-refractivity contribution is 9.08. The molecule has 0 aromatic carbocycles. The summed E-state index contributed by atoms with van der Waals surface area (Å²) >= 11 is 9.06. The number of methoxy groups -OCH3 is 2. The molecule has 566 valence electrons. The molecule has 0 atom stereocenters. The standard InChI is InChI=1S/C13H17ClN6O.C8H12N4O2.C8H14N4.C6H7N3O4.C5H6BrN3O2.C5H5N3O4.C5H7N3O3.C4H3N3O4/c1-18-9(8-20-4-3-5-20)6-12(17-18)15-10-7-11(14)16-19(2)13(10)21;1-10-7(6-11-3-2-4-11)5-8(9-10)12(13)14;1-11-7(5-8(9)10-11)6-12-3-2-4-12;1-8-4(6(10)13-2)3-5(7-8)9(11)12;1-8-4(3-6)2-5(7-8)9(10)11;1-12-5(9)3-2-4(7-6-3)8(10)11;1-7-4(3-9)2-5(6-7)8(10)11;8-4(9)2-1-3(6-5-2)7(10)11/h6-7H,3-5,8H2,1-2H3,(H,15,17);5H,2-4,6H2,1H3;5H,2-4,6H2,1H3,(H2,9,10);3H,1-2H3;2H,3H2,1H3;2H,1H3,(H,6,7);2,9H,3H2,1H3;1H,(H,5,6)(H,8,9). The number of carboxylic acids is 1. The van der Waals surface area contributed by atoms with Gasteiger partial charge in [-0.2, -0.15) is 34.0 Å². The van der Waals surface area contributed by atoms with Gasteiger partial charge in [0.25, 0.3) is 5.56 Å². The number of hydrogen-bond acceptors (Lipinski definition) is 33. The maximum absolute atomic E-state index is 12.0. The number of H-pyrrole nitrogens is 2. The fourth-order valence-electron chi connectivity index (χ4n) is 8.62. The first kappa shape index (κ1) is 83.2. The number of aromatic amines is 2. The van der Waals surface area contributed by atoms with Gasteiger partial charge in [0.15, 0.2) is 28.1 Å². The molecule has 49 nitrogen and oxygen atoms in total. The number of aliphatic hydroxyl groups excluding tert-OH is 1. The van der Waals surface area contributed by atoms with Crippen molar-refractivity contribution in [3.63, 3.8) is 0 Å². The number of esters is 2. The number of aryl methyl sites for hydroxylation is 7. The van der Waals surface area contributed by atoms with Crippen molar-refractivity contribution in [2.75, 3.05) is 64.5 Å². The molecular formula is C54H71BrClN29O20. The number of carbonyl (C=O) groups is 3. The number of halogens is 2. The molecule has 0 aliphatic carbocycles. The van der Waals surface area contributed by atoms with Crippen LogP contribution in [-0.2, 0) is 90.4 Å². The number of likely N-dealkylation sites (tertiary alicyclic amines) is 3. The van der Waals surface area contributed by atoms with Crippen molar-refractivity contribution in [1.82, 2.24) is 104 Å². The summed E-state index contributed by atoms with van der Waals surface area (Å²) in [4.78, 5) is 108. The number of ether oxygens (including phenoxy) is 2. The van der Waals surface area contributed by atoms with E-state index in [1.807, 2.05) is 40.7 Å². The van der Waals surface area contributed by atoms with Gasteiger partial charge in [-0.05, 0) is 88.1 Å². The van der Waals surface area contributed by atoms with E-state index in [9.17, 15) is 79.9 Å². The molecule has 12 heterocycles. The molecule has 3 aliphatic heterocycles. The number of hydrogen-bond donors (Lipinski definition) is 6. The quantitative estimate of drug-likeness (QED) is 0.0293. The number of aromatic nitrogens is 18. The Bertz CT molecular complexity index is 4490. The molecular weight excluding hydrogens is 1490 g/mol. The van der Waals surface area contributed by atoms with Gasteiger partial charge in [-0.3, -0.25) is 28.9 Å². The summed E-state index contributed by atoms with van der Waals surface area (Å²) < 4.78 is 19.0. The van der Waals surface area contributed by atoms with Crippen LogP contribution in [0.15, 0.2) is 59.4 Å². The number of nitrogens with zero attached hydrogens (tertiary/aromatic N) is 25. The number of carboxylic acid groups (broad SMARTS) is 1. The average molecular weight is 1560 g/mol. The average Bonchev–Trinajstić information content (AvgIpc) is 1.76. The van der Waals surface area contributed by atoms with E-state index in [0.717, 1.165) is 85.8 Å². The van der Waals surface area contributed by atoms with Crippen LogP contribution >= 0.6 is 27.5 Å². The van der Waals surface area contributed by atoms with E-state index < -0.39 is 53.3 Å². The number of anilines is 3. The lowest BCUT2D eigenvalue weighted by Crippen LogP contribution is -2.36. The minimum Gasteiger partial charge on any atom is -0.476 e. The molecule has 0 amide bonds. The van der Waals surface area contributed by atoms with E-state index in [1.165, 1.54) is 91.6 Å². The fraction of sp³-hybridized carbons (Fsp3) is 0.426. The maximum atomic E-state index is 12.0. The van der Waals surface area contributed by atoms with Crippen molar-refractivity contribution in [2.24, 2.45) is 49.3 Å². The van der Waals surface area contributed by atoms with Gasteiger partial charge >= 0.3 is 52.8 Å². The molecule has 3 fully saturated rings. The Hall–Kier alpha value is -12.4. The maximum Gasteiger partial charge on any atom is 0.390 e. The summed E-state index contributed by atoms with van der Waals surface area (Å²) in [5.74, 6) is -2.96. The lowest BCUT2D eigenvalue weighted by Gasteiger charge is -2.30. The number of nitrogens with one attached hydrogen (secondary N) is 3. The van der Waals surface area contributed by atoms with Gasteiger partial charge in [0.1, 0.15) is 11.5 Å². The van der Waals surface area contributed by atoms with Crippen LogP contribution in [0.3, 0.4) is 0 Å². The SMILES string of the molecule is COC(=O)c1cc([N+](=O)[O-])[nH]n1.COC(=O)c1cc([N+](=O)[O-])nn1C.Cn1nc(N)cc1CN1CCC1.Cn1nc(Nc2cc(Cl)nn(C)c2=O)cc1CN1CCC1.Cn1nc([N+](=O)[O-])cc1CBr.Cn1nc([N+](=O)[O-])cc1CN1CCC1.Cn1nc([N+](=O)[O-])cc1CO.O=C(O)c1cc([N+](=O)[O-])[nH]n1. The lowest BCUT2D eigenvalue weighted by molar-refractivity contribution is -0.389. The highest BCUT2D eigenvalue weighted by Crippen LogP contribution is 2.21. The van der Waals surface area contributed by atoms with E-state index in [0.29, 0.717) is 28.3 Å². The normalized spacial score (nSPS) is 12.6. The van der Waals surface area contributed by atoms with Gasteiger partial charge in [-0.1, -0.05) is 37.7 Å². The number of alkyl halides is 1. The third kappa shape index (κ3) is 25.0. The smallest absolute Gasteiger partial charge is 0.390 e. The van der Waals surface area contributed by atoms with Crippen molar-refractivity contribution >= 4 is 97.7 Å². The molecule has 0 spiro atoms. The summed E-state index contributed by atoms with van der Waals surface area (Å²) in [6.45, 7) is 9.24. The number of aliphatic hydroxyl groups is 1. The molecule has 0 bridgehead atoms. The molecule has 0 radical (unpaired) electrons. The first-order valence-electron chi connectivity index (χ1n) is 30.2. The van der Waals surface area contributed by atoms with E-state index in [4.69, 9.17) is 27.5 Å². The van der Waals surface area contributed by atoms with Gasteiger partial charge < -0.3 is 91.4 Å². The Kier molecular flexibility index (Phi) is 31.0. The molecule has 12 rings (SSSR count). The van der Waals surface area contributed by atoms with Crippen molar-refractivity contribution < 1.29 is 63.6 Å². The largest absolute Gasteiger partial charge is 0.476 e.